The summed E-state index contributed by atoms with van der Waals surface area (Å²) in [5.74, 6) is 1.38. The van der Waals surface area contributed by atoms with Gasteiger partial charge in [0.2, 0.25) is 0 Å². The number of halogens is 1. The summed E-state index contributed by atoms with van der Waals surface area (Å²) in [4.78, 5) is 11.4. The van der Waals surface area contributed by atoms with Gasteiger partial charge in [0.15, 0.2) is 17.3 Å². The minimum atomic E-state index is -0.0479. The van der Waals surface area contributed by atoms with E-state index >= 15 is 0 Å². The normalized spacial score (nSPS) is 10.6. The maximum atomic E-state index is 11.4. The molecule has 0 saturated carbocycles. The highest BCUT2D eigenvalue weighted by atomic mass is 35.5. The number of carbonyl (C=O) groups excluding carboxylic acids is 1. The van der Waals surface area contributed by atoms with Crippen LogP contribution in [0.2, 0.25) is 5.02 Å². The van der Waals surface area contributed by atoms with E-state index in [2.05, 4.69) is 13.8 Å². The Kier molecular flexibility index (Phi) is 5.48. The van der Waals surface area contributed by atoms with Crippen molar-refractivity contribution in [3.8, 4) is 11.5 Å². The Morgan fingerprint density at radius 3 is 2.50 bits per heavy atom. The first-order valence-electron chi connectivity index (χ1n) is 6.05. The van der Waals surface area contributed by atoms with E-state index in [9.17, 15) is 4.79 Å². The summed E-state index contributed by atoms with van der Waals surface area (Å²) in [5, 5.41) is 0.409. The second kappa shape index (κ2) is 6.64. The van der Waals surface area contributed by atoms with Gasteiger partial charge >= 0.3 is 0 Å². The molecule has 0 bridgehead atoms. The highest BCUT2D eigenvalue weighted by Crippen LogP contribution is 2.37. The Hall–Kier alpha value is -1.22. The van der Waals surface area contributed by atoms with Crippen LogP contribution < -0.4 is 9.47 Å². The van der Waals surface area contributed by atoms with Gasteiger partial charge in [-0.1, -0.05) is 25.4 Å². The lowest BCUT2D eigenvalue weighted by Crippen LogP contribution is -2.07. The maximum Gasteiger partial charge on any atom is 0.179 e. The lowest BCUT2D eigenvalue weighted by molar-refractivity contribution is 0.101. The van der Waals surface area contributed by atoms with Gasteiger partial charge in [-0.25, -0.2) is 0 Å². The zero-order chi connectivity index (χ0) is 13.7. The fourth-order valence-corrected chi connectivity index (χ4v) is 1.69. The van der Waals surface area contributed by atoms with Gasteiger partial charge in [0.25, 0.3) is 0 Å². The molecule has 0 aliphatic rings. The van der Waals surface area contributed by atoms with Gasteiger partial charge in [-0.05, 0) is 31.9 Å². The Labute approximate surface area is 113 Å². The van der Waals surface area contributed by atoms with E-state index in [1.165, 1.54) is 6.92 Å². The summed E-state index contributed by atoms with van der Waals surface area (Å²) in [6.45, 7) is 8.53. The fraction of sp³-hybridized carbons (Fsp3) is 0.500. The van der Waals surface area contributed by atoms with Crippen LogP contribution in [0, 0.1) is 5.92 Å². The van der Waals surface area contributed by atoms with Gasteiger partial charge in [0, 0.05) is 5.56 Å². The van der Waals surface area contributed by atoms with E-state index in [-0.39, 0.29) is 5.78 Å². The number of rotatable bonds is 6. The first-order valence-corrected chi connectivity index (χ1v) is 6.43. The van der Waals surface area contributed by atoms with E-state index < -0.39 is 0 Å². The molecule has 0 aliphatic heterocycles. The molecular formula is C14H19ClO3. The molecule has 100 valence electrons. The summed E-state index contributed by atoms with van der Waals surface area (Å²) in [6, 6.07) is 3.29. The predicted octanol–water partition coefficient (Wildman–Crippen LogP) is 3.98. The Morgan fingerprint density at radius 1 is 1.33 bits per heavy atom. The van der Waals surface area contributed by atoms with Crippen molar-refractivity contribution in [2.24, 2.45) is 5.92 Å². The van der Waals surface area contributed by atoms with E-state index in [1.807, 2.05) is 6.92 Å². The van der Waals surface area contributed by atoms with Crippen molar-refractivity contribution in [2.75, 3.05) is 13.2 Å². The van der Waals surface area contributed by atoms with E-state index in [4.69, 9.17) is 21.1 Å². The zero-order valence-corrected chi connectivity index (χ0v) is 12.0. The smallest absolute Gasteiger partial charge is 0.179 e. The van der Waals surface area contributed by atoms with E-state index in [0.717, 1.165) is 0 Å². The minimum absolute atomic E-state index is 0.0479. The maximum absolute atomic E-state index is 11.4. The quantitative estimate of drug-likeness (QED) is 0.734. The van der Waals surface area contributed by atoms with Gasteiger partial charge in [0.1, 0.15) is 0 Å². The van der Waals surface area contributed by atoms with Gasteiger partial charge in [-0.15, -0.1) is 0 Å². The Morgan fingerprint density at radius 2 is 2.00 bits per heavy atom. The summed E-state index contributed by atoms with van der Waals surface area (Å²) in [6.07, 6.45) is 0. The van der Waals surface area contributed by atoms with Gasteiger partial charge in [0.05, 0.1) is 18.2 Å². The second-order valence-electron chi connectivity index (χ2n) is 4.48. The molecule has 0 aromatic heterocycles. The molecule has 0 fully saturated rings. The van der Waals surface area contributed by atoms with Gasteiger partial charge in [-0.3, -0.25) is 4.79 Å². The number of Topliss-reactive ketones (excluding diaryl/α,β-unsaturated/α-hetero) is 1. The average Bonchev–Trinajstić information content (AvgIpc) is 2.27. The zero-order valence-electron chi connectivity index (χ0n) is 11.2. The first kappa shape index (κ1) is 14.8. The topological polar surface area (TPSA) is 35.5 Å². The van der Waals surface area contributed by atoms with Crippen molar-refractivity contribution in [1.82, 2.24) is 0 Å². The van der Waals surface area contributed by atoms with Crippen LogP contribution in [-0.4, -0.2) is 19.0 Å². The molecule has 0 N–H and O–H groups in total. The molecule has 4 heteroatoms. The summed E-state index contributed by atoms with van der Waals surface area (Å²) >= 11 is 6.14. The molecule has 3 nitrogen and oxygen atoms in total. The lowest BCUT2D eigenvalue weighted by atomic mass is 10.1. The summed E-state index contributed by atoms with van der Waals surface area (Å²) < 4.78 is 11.1. The van der Waals surface area contributed by atoms with Crippen molar-refractivity contribution >= 4 is 17.4 Å². The van der Waals surface area contributed by atoms with Gasteiger partial charge in [-0.2, -0.15) is 0 Å². The number of ketones is 1. The SMILES string of the molecule is CCOc1cc(C(C)=O)cc(Cl)c1OCC(C)C. The van der Waals surface area contributed by atoms with Crippen LogP contribution in [0.25, 0.3) is 0 Å². The standard InChI is InChI=1S/C14H19ClO3/c1-5-17-13-7-11(10(4)16)6-12(15)14(13)18-8-9(2)3/h6-7,9H,5,8H2,1-4H3. The average molecular weight is 271 g/mol. The van der Waals surface area contributed by atoms with Crippen molar-refractivity contribution in [1.29, 1.82) is 0 Å². The third-order valence-electron chi connectivity index (χ3n) is 2.28. The molecule has 1 aromatic rings. The van der Waals surface area contributed by atoms with Crippen molar-refractivity contribution < 1.29 is 14.3 Å². The first-order chi connectivity index (χ1) is 8.45. The number of hydrogen-bond donors (Lipinski definition) is 0. The van der Waals surface area contributed by atoms with Crippen LogP contribution in [0.4, 0.5) is 0 Å². The van der Waals surface area contributed by atoms with Crippen molar-refractivity contribution in [3.63, 3.8) is 0 Å². The number of carbonyl (C=O) groups is 1. The summed E-state index contributed by atoms with van der Waals surface area (Å²) in [7, 11) is 0. The third-order valence-corrected chi connectivity index (χ3v) is 2.56. The minimum Gasteiger partial charge on any atom is -0.490 e. The molecule has 0 saturated heterocycles. The highest BCUT2D eigenvalue weighted by Gasteiger charge is 2.14. The lowest BCUT2D eigenvalue weighted by Gasteiger charge is -2.15. The van der Waals surface area contributed by atoms with Crippen LogP contribution in [0.3, 0.4) is 0 Å². The van der Waals surface area contributed by atoms with Gasteiger partial charge < -0.3 is 9.47 Å². The number of benzene rings is 1. The highest BCUT2D eigenvalue weighted by molar-refractivity contribution is 6.32. The van der Waals surface area contributed by atoms with E-state index in [0.29, 0.717) is 41.2 Å². The Bertz CT molecular complexity index is 427. The van der Waals surface area contributed by atoms with Crippen molar-refractivity contribution in [2.45, 2.75) is 27.7 Å². The van der Waals surface area contributed by atoms with E-state index in [1.54, 1.807) is 12.1 Å². The molecule has 0 heterocycles. The van der Waals surface area contributed by atoms with Crippen LogP contribution in [0.5, 0.6) is 11.5 Å². The molecule has 0 atom stereocenters. The molecule has 1 rings (SSSR count). The molecule has 0 unspecified atom stereocenters. The fourth-order valence-electron chi connectivity index (χ4n) is 1.42. The monoisotopic (exact) mass is 270 g/mol. The largest absolute Gasteiger partial charge is 0.490 e. The Balaban J connectivity index is 3.09. The van der Waals surface area contributed by atoms with Crippen molar-refractivity contribution in [3.05, 3.63) is 22.7 Å². The molecule has 18 heavy (non-hydrogen) atoms. The molecule has 0 amide bonds. The van der Waals surface area contributed by atoms with Crippen LogP contribution in [0.15, 0.2) is 12.1 Å². The number of hydrogen-bond acceptors (Lipinski definition) is 3. The second-order valence-corrected chi connectivity index (χ2v) is 4.89. The number of ether oxygens (including phenoxy) is 2. The van der Waals surface area contributed by atoms with Crippen LogP contribution in [-0.2, 0) is 0 Å². The molecule has 0 aliphatic carbocycles. The van der Waals surface area contributed by atoms with Crippen LogP contribution >= 0.6 is 11.6 Å². The third kappa shape index (κ3) is 3.91. The molecule has 0 radical (unpaired) electrons. The molecule has 0 spiro atoms. The predicted molar refractivity (Wildman–Crippen MR) is 73.0 cm³/mol. The summed E-state index contributed by atoms with van der Waals surface area (Å²) in [5.41, 5.74) is 0.528. The molecular weight excluding hydrogens is 252 g/mol. The van der Waals surface area contributed by atoms with Crippen LogP contribution in [0.1, 0.15) is 38.1 Å². The molecule has 1 aromatic carbocycles.